The van der Waals surface area contributed by atoms with Gasteiger partial charge in [0.2, 0.25) is 0 Å². The van der Waals surface area contributed by atoms with Crippen LogP contribution in [-0.2, 0) is 0 Å². The molecule has 110 valence electrons. The van der Waals surface area contributed by atoms with E-state index in [2.05, 4.69) is 17.0 Å². The van der Waals surface area contributed by atoms with Crippen LogP contribution in [-0.4, -0.2) is 24.1 Å². The van der Waals surface area contributed by atoms with Gasteiger partial charge in [-0.05, 0) is 43.4 Å². The van der Waals surface area contributed by atoms with Crippen LogP contribution in [0.1, 0.15) is 38.2 Å². The smallest absolute Gasteiger partial charge is 0.172 e. The first-order chi connectivity index (χ1) is 9.65. The van der Waals surface area contributed by atoms with Crippen LogP contribution in [0.15, 0.2) is 23.4 Å². The Balaban J connectivity index is 2.27. The van der Waals surface area contributed by atoms with Crippen LogP contribution >= 0.6 is 11.6 Å². The van der Waals surface area contributed by atoms with Crippen LogP contribution in [0.25, 0.3) is 0 Å². The number of halogens is 1. The van der Waals surface area contributed by atoms with E-state index in [0.717, 1.165) is 24.7 Å². The molecule has 0 spiro atoms. The summed E-state index contributed by atoms with van der Waals surface area (Å²) in [5, 5.41) is 12.7. The first kappa shape index (κ1) is 15.0. The van der Waals surface area contributed by atoms with Crippen LogP contribution in [0.3, 0.4) is 0 Å². The van der Waals surface area contributed by atoms with Gasteiger partial charge in [-0.15, -0.1) is 0 Å². The maximum Gasteiger partial charge on any atom is 0.172 e. The highest BCUT2D eigenvalue weighted by molar-refractivity contribution is 6.31. The van der Waals surface area contributed by atoms with Gasteiger partial charge in [0, 0.05) is 29.4 Å². The Morgan fingerprint density at radius 3 is 2.95 bits per heavy atom. The molecule has 1 heterocycles. The van der Waals surface area contributed by atoms with E-state index in [4.69, 9.17) is 22.5 Å². The zero-order valence-electron chi connectivity index (χ0n) is 11.8. The first-order valence-corrected chi connectivity index (χ1v) is 7.56. The van der Waals surface area contributed by atoms with Crippen molar-refractivity contribution >= 4 is 23.1 Å². The third-order valence-electron chi connectivity index (χ3n) is 4.11. The Labute approximate surface area is 125 Å². The predicted molar refractivity (Wildman–Crippen MR) is 83.8 cm³/mol. The van der Waals surface area contributed by atoms with E-state index in [0.29, 0.717) is 10.6 Å². The normalized spacial score (nSPS) is 20.8. The minimum absolute atomic E-state index is 0.110. The van der Waals surface area contributed by atoms with E-state index in [9.17, 15) is 0 Å². The Bertz CT molecular complexity index is 490. The molecule has 1 aromatic rings. The number of benzene rings is 1. The van der Waals surface area contributed by atoms with Crippen molar-refractivity contribution < 1.29 is 5.21 Å². The van der Waals surface area contributed by atoms with E-state index < -0.39 is 0 Å². The predicted octanol–water partition coefficient (Wildman–Crippen LogP) is 3.45. The van der Waals surface area contributed by atoms with Gasteiger partial charge in [-0.3, -0.25) is 0 Å². The van der Waals surface area contributed by atoms with E-state index >= 15 is 0 Å². The SMILES string of the molecule is CCC1CCCN(c2ccc(Cl)cc2C(N)=NO)CC1. The highest BCUT2D eigenvalue weighted by atomic mass is 35.5. The summed E-state index contributed by atoms with van der Waals surface area (Å²) in [5.74, 6) is 0.915. The van der Waals surface area contributed by atoms with Gasteiger partial charge >= 0.3 is 0 Å². The molecule has 5 heteroatoms. The fourth-order valence-corrected chi connectivity index (χ4v) is 3.03. The van der Waals surface area contributed by atoms with Gasteiger partial charge in [-0.2, -0.15) is 0 Å². The highest BCUT2D eigenvalue weighted by Crippen LogP contribution is 2.28. The number of rotatable bonds is 3. The van der Waals surface area contributed by atoms with Crippen LogP contribution in [0, 0.1) is 5.92 Å². The molecule has 1 aliphatic rings. The largest absolute Gasteiger partial charge is 0.409 e. The molecule has 4 nitrogen and oxygen atoms in total. The summed E-state index contributed by atoms with van der Waals surface area (Å²) in [6.07, 6.45) is 4.88. The molecular formula is C15H22ClN3O. The Morgan fingerprint density at radius 2 is 2.25 bits per heavy atom. The molecule has 20 heavy (non-hydrogen) atoms. The van der Waals surface area contributed by atoms with E-state index in [-0.39, 0.29) is 5.84 Å². The third-order valence-corrected chi connectivity index (χ3v) is 4.34. The topological polar surface area (TPSA) is 61.8 Å². The summed E-state index contributed by atoms with van der Waals surface area (Å²) in [7, 11) is 0. The van der Waals surface area contributed by atoms with Crippen molar-refractivity contribution in [1.82, 2.24) is 0 Å². The molecule has 1 aliphatic heterocycles. The van der Waals surface area contributed by atoms with E-state index in [1.165, 1.54) is 25.7 Å². The van der Waals surface area contributed by atoms with E-state index in [1.54, 1.807) is 6.07 Å². The Morgan fingerprint density at radius 1 is 1.45 bits per heavy atom. The van der Waals surface area contributed by atoms with Crippen LogP contribution < -0.4 is 10.6 Å². The van der Waals surface area contributed by atoms with Gasteiger partial charge in [-0.1, -0.05) is 30.1 Å². The standard InChI is InChI=1S/C15H22ClN3O/c1-2-11-4-3-8-19(9-7-11)14-6-5-12(16)10-13(14)15(17)18-20/h5-6,10-11,20H,2-4,7-9H2,1H3,(H2,17,18). The van der Waals surface area contributed by atoms with Crippen molar-refractivity contribution in [2.24, 2.45) is 16.8 Å². The quantitative estimate of drug-likeness (QED) is 0.388. The number of anilines is 1. The maximum atomic E-state index is 8.94. The van der Waals surface area contributed by atoms with Crippen molar-refractivity contribution in [3.63, 3.8) is 0 Å². The lowest BCUT2D eigenvalue weighted by atomic mass is 9.98. The lowest BCUT2D eigenvalue weighted by Crippen LogP contribution is -2.27. The monoisotopic (exact) mass is 295 g/mol. The lowest BCUT2D eigenvalue weighted by molar-refractivity contribution is 0.318. The summed E-state index contributed by atoms with van der Waals surface area (Å²) in [5.41, 5.74) is 7.48. The van der Waals surface area contributed by atoms with Crippen molar-refractivity contribution in [3.05, 3.63) is 28.8 Å². The minimum Gasteiger partial charge on any atom is -0.409 e. The molecule has 1 unspecified atom stereocenters. The summed E-state index contributed by atoms with van der Waals surface area (Å²) in [6, 6.07) is 5.57. The number of hydrogen-bond donors (Lipinski definition) is 2. The first-order valence-electron chi connectivity index (χ1n) is 7.18. The van der Waals surface area contributed by atoms with Crippen molar-refractivity contribution in [3.8, 4) is 0 Å². The number of oxime groups is 1. The molecule has 3 N–H and O–H groups in total. The lowest BCUT2D eigenvalue weighted by Gasteiger charge is -2.25. The number of hydrogen-bond acceptors (Lipinski definition) is 3. The fourth-order valence-electron chi connectivity index (χ4n) is 2.86. The zero-order chi connectivity index (χ0) is 14.5. The average Bonchev–Trinajstić information content (AvgIpc) is 2.71. The Hall–Kier alpha value is -1.42. The van der Waals surface area contributed by atoms with Gasteiger partial charge in [0.1, 0.15) is 0 Å². The van der Waals surface area contributed by atoms with Crippen molar-refractivity contribution in [2.45, 2.75) is 32.6 Å². The second kappa shape index (κ2) is 6.84. The van der Waals surface area contributed by atoms with Gasteiger partial charge in [0.15, 0.2) is 5.84 Å². The molecule has 0 bridgehead atoms. The summed E-state index contributed by atoms with van der Waals surface area (Å²) in [4.78, 5) is 2.32. The van der Waals surface area contributed by atoms with Crippen molar-refractivity contribution in [2.75, 3.05) is 18.0 Å². The molecule has 0 aromatic heterocycles. The second-order valence-corrected chi connectivity index (χ2v) is 5.78. The summed E-state index contributed by atoms with van der Waals surface area (Å²) < 4.78 is 0. The highest BCUT2D eigenvalue weighted by Gasteiger charge is 2.19. The van der Waals surface area contributed by atoms with Gasteiger partial charge in [0.25, 0.3) is 0 Å². The molecular weight excluding hydrogens is 274 g/mol. The van der Waals surface area contributed by atoms with Crippen LogP contribution in [0.2, 0.25) is 5.02 Å². The van der Waals surface area contributed by atoms with Crippen LogP contribution in [0.5, 0.6) is 0 Å². The summed E-state index contributed by atoms with van der Waals surface area (Å²) >= 11 is 6.02. The maximum absolute atomic E-state index is 8.94. The molecule has 1 fully saturated rings. The molecule has 2 rings (SSSR count). The zero-order valence-corrected chi connectivity index (χ0v) is 12.6. The molecule has 1 aromatic carbocycles. The molecule has 0 radical (unpaired) electrons. The molecule has 0 aliphatic carbocycles. The third kappa shape index (κ3) is 3.37. The summed E-state index contributed by atoms with van der Waals surface area (Å²) in [6.45, 7) is 4.26. The number of amidine groups is 1. The fraction of sp³-hybridized carbons (Fsp3) is 0.533. The number of nitrogens with two attached hydrogens (primary N) is 1. The number of nitrogens with zero attached hydrogens (tertiary/aromatic N) is 2. The molecule has 1 atom stereocenters. The van der Waals surface area contributed by atoms with E-state index in [1.807, 2.05) is 12.1 Å². The van der Waals surface area contributed by atoms with Gasteiger partial charge in [0.05, 0.1) is 0 Å². The minimum atomic E-state index is 0.110. The van der Waals surface area contributed by atoms with Crippen LogP contribution in [0.4, 0.5) is 5.69 Å². The average molecular weight is 296 g/mol. The molecule has 0 saturated carbocycles. The molecule has 0 amide bonds. The molecule has 1 saturated heterocycles. The Kier molecular flexibility index (Phi) is 5.12. The van der Waals surface area contributed by atoms with Gasteiger partial charge < -0.3 is 15.8 Å². The van der Waals surface area contributed by atoms with Gasteiger partial charge in [-0.25, -0.2) is 0 Å². The second-order valence-electron chi connectivity index (χ2n) is 5.34. The van der Waals surface area contributed by atoms with Crippen molar-refractivity contribution in [1.29, 1.82) is 0 Å².